The topological polar surface area (TPSA) is 123 Å². The van der Waals surface area contributed by atoms with Crippen LogP contribution in [0.1, 0.15) is 35.6 Å². The number of benzene rings is 1. The number of rotatable bonds is 3. The van der Waals surface area contributed by atoms with E-state index < -0.39 is 53.5 Å². The largest absolute Gasteiger partial charge is 0.507 e. The third-order valence-corrected chi connectivity index (χ3v) is 6.97. The van der Waals surface area contributed by atoms with E-state index in [4.69, 9.17) is 9.47 Å². The van der Waals surface area contributed by atoms with E-state index >= 15 is 0 Å². The van der Waals surface area contributed by atoms with Crippen LogP contribution in [0.3, 0.4) is 0 Å². The molecule has 0 bridgehead atoms. The maximum atomic E-state index is 13.1. The fraction of sp³-hybridized carbons (Fsp3) is 0.591. The Balaban J connectivity index is 1.73. The highest BCUT2D eigenvalue weighted by molar-refractivity contribution is 6.15. The van der Waals surface area contributed by atoms with E-state index in [0.29, 0.717) is 16.0 Å². The third kappa shape index (κ3) is 3.14. The second-order valence-corrected chi connectivity index (χ2v) is 8.71. The van der Waals surface area contributed by atoms with E-state index in [9.17, 15) is 24.6 Å². The molecule has 9 heteroatoms. The summed E-state index contributed by atoms with van der Waals surface area (Å²) in [5, 5.41) is 21.7. The second-order valence-electron chi connectivity index (χ2n) is 8.71. The van der Waals surface area contributed by atoms with Gasteiger partial charge in [0.1, 0.15) is 5.75 Å². The molecular weight excluding hydrogens is 406 g/mol. The number of carbonyl (C=O) groups excluding carboxylic acids is 3. The highest BCUT2D eigenvalue weighted by Gasteiger charge is 2.67. The molecule has 1 aromatic carbocycles. The molecule has 2 heterocycles. The van der Waals surface area contributed by atoms with Crippen molar-refractivity contribution >= 4 is 17.9 Å². The maximum absolute atomic E-state index is 13.1. The zero-order valence-corrected chi connectivity index (χ0v) is 18.0. The third-order valence-electron chi connectivity index (χ3n) is 6.97. The van der Waals surface area contributed by atoms with Crippen LogP contribution in [0.25, 0.3) is 0 Å². The van der Waals surface area contributed by atoms with Gasteiger partial charge in [-0.15, -0.1) is 0 Å². The lowest BCUT2D eigenvalue weighted by molar-refractivity contribution is -0.275. The minimum Gasteiger partial charge on any atom is -0.507 e. The van der Waals surface area contributed by atoms with Gasteiger partial charge in [0.15, 0.2) is 5.79 Å². The summed E-state index contributed by atoms with van der Waals surface area (Å²) < 4.78 is 16.1. The fourth-order valence-corrected chi connectivity index (χ4v) is 5.53. The quantitative estimate of drug-likeness (QED) is 0.692. The van der Waals surface area contributed by atoms with Crippen LogP contribution < -0.4 is 0 Å². The predicted octanol–water partition coefficient (Wildman–Crippen LogP) is 1.81. The summed E-state index contributed by atoms with van der Waals surface area (Å²) in [6, 6.07) is 3.58. The zero-order valence-electron chi connectivity index (χ0n) is 18.0. The number of hydrogen-bond acceptors (Lipinski definition) is 8. The number of phenolic OH excluding ortho intramolecular Hbond substituents is 1. The lowest BCUT2D eigenvalue weighted by atomic mass is 9.64. The van der Waals surface area contributed by atoms with E-state index in [-0.39, 0.29) is 25.2 Å². The van der Waals surface area contributed by atoms with Crippen molar-refractivity contribution in [1.82, 2.24) is 4.90 Å². The van der Waals surface area contributed by atoms with Crippen LogP contribution in [0.4, 0.5) is 4.79 Å². The molecule has 6 atom stereocenters. The van der Waals surface area contributed by atoms with Crippen molar-refractivity contribution in [2.45, 2.75) is 38.6 Å². The first kappa shape index (κ1) is 21.7. The van der Waals surface area contributed by atoms with Gasteiger partial charge in [0.05, 0.1) is 31.7 Å². The highest BCUT2D eigenvalue weighted by Crippen LogP contribution is 2.58. The Kier molecular flexibility index (Phi) is 5.31. The van der Waals surface area contributed by atoms with Crippen molar-refractivity contribution in [1.29, 1.82) is 0 Å². The zero-order chi connectivity index (χ0) is 22.7. The molecule has 2 N–H and O–H groups in total. The van der Waals surface area contributed by atoms with Gasteiger partial charge in [-0.25, -0.2) is 4.79 Å². The number of carbonyl (C=O) groups is 3. The van der Waals surface area contributed by atoms with Gasteiger partial charge in [-0.1, -0.05) is 0 Å². The van der Waals surface area contributed by atoms with Gasteiger partial charge in [0.2, 0.25) is 11.8 Å². The first-order valence-electron chi connectivity index (χ1n) is 10.3. The van der Waals surface area contributed by atoms with E-state index in [1.807, 2.05) is 0 Å². The van der Waals surface area contributed by atoms with Gasteiger partial charge in [0, 0.05) is 18.9 Å². The molecule has 2 aliphatic heterocycles. The summed E-state index contributed by atoms with van der Waals surface area (Å²) in [5.41, 5.74) is 2.12. The molecule has 4 rings (SSSR count). The van der Waals surface area contributed by atoms with Crippen molar-refractivity contribution in [3.8, 4) is 5.75 Å². The minimum absolute atomic E-state index is 0.135. The van der Waals surface area contributed by atoms with E-state index in [0.717, 1.165) is 12.7 Å². The number of aliphatic hydroxyl groups is 1. The fourth-order valence-electron chi connectivity index (χ4n) is 5.53. The Hall–Kier alpha value is -2.49. The average Bonchev–Trinajstić information content (AvgIpc) is 3.20. The summed E-state index contributed by atoms with van der Waals surface area (Å²) >= 11 is 0. The van der Waals surface area contributed by atoms with Crippen LogP contribution in [0.2, 0.25) is 0 Å². The number of amides is 3. The van der Waals surface area contributed by atoms with Crippen molar-refractivity contribution in [2.75, 3.05) is 20.8 Å². The molecule has 0 aromatic heterocycles. The van der Waals surface area contributed by atoms with Crippen LogP contribution in [-0.2, 0) is 23.8 Å². The van der Waals surface area contributed by atoms with Crippen LogP contribution in [-0.4, -0.2) is 59.6 Å². The molecule has 31 heavy (non-hydrogen) atoms. The Morgan fingerprint density at radius 1 is 1.19 bits per heavy atom. The number of aromatic hydroxyl groups is 1. The van der Waals surface area contributed by atoms with Crippen molar-refractivity contribution in [3.05, 3.63) is 28.8 Å². The number of nitrogens with zero attached hydrogens (tertiary/aromatic N) is 1. The molecule has 1 aromatic rings. The lowest BCUT2D eigenvalue weighted by Crippen LogP contribution is -2.54. The Morgan fingerprint density at radius 2 is 1.84 bits per heavy atom. The van der Waals surface area contributed by atoms with Crippen LogP contribution in [0, 0.1) is 37.5 Å². The molecule has 3 aliphatic rings. The van der Waals surface area contributed by atoms with Gasteiger partial charge >= 0.3 is 6.09 Å². The van der Waals surface area contributed by atoms with Crippen LogP contribution >= 0.6 is 0 Å². The van der Waals surface area contributed by atoms with E-state index in [1.165, 1.54) is 7.11 Å². The Morgan fingerprint density at radius 3 is 2.42 bits per heavy atom. The molecule has 3 fully saturated rings. The number of phenols is 1. The first-order valence-corrected chi connectivity index (χ1v) is 10.3. The summed E-state index contributed by atoms with van der Waals surface area (Å²) in [5.74, 6) is -5.64. The Labute approximate surface area is 179 Å². The summed E-state index contributed by atoms with van der Waals surface area (Å²) in [6.07, 6.45) is -1.11. The molecule has 0 spiro atoms. The number of aryl methyl sites for hydroxylation is 2. The summed E-state index contributed by atoms with van der Waals surface area (Å²) in [7, 11) is 2.60. The van der Waals surface area contributed by atoms with Gasteiger partial charge in [-0.2, -0.15) is 4.90 Å². The number of ether oxygens (including phenoxy) is 3. The number of hydrogen-bond donors (Lipinski definition) is 2. The van der Waals surface area contributed by atoms with Crippen LogP contribution in [0.5, 0.6) is 5.75 Å². The van der Waals surface area contributed by atoms with Crippen molar-refractivity contribution < 1.29 is 38.8 Å². The molecule has 0 unspecified atom stereocenters. The Bertz CT molecular complexity index is 922. The monoisotopic (exact) mass is 433 g/mol. The van der Waals surface area contributed by atoms with Crippen molar-refractivity contribution in [2.24, 2.45) is 23.7 Å². The number of fused-ring (bicyclic) bond motifs is 3. The maximum Gasteiger partial charge on any atom is 0.423 e. The summed E-state index contributed by atoms with van der Waals surface area (Å²) in [4.78, 5) is 38.6. The molecule has 1 aliphatic carbocycles. The van der Waals surface area contributed by atoms with Gasteiger partial charge in [0.25, 0.3) is 0 Å². The normalized spacial score (nSPS) is 34.6. The number of likely N-dealkylation sites (tertiary alicyclic amines) is 1. The molecule has 3 amide bonds. The number of imide groups is 3. The van der Waals surface area contributed by atoms with E-state index in [2.05, 4.69) is 4.74 Å². The lowest BCUT2D eigenvalue weighted by Gasteiger charge is -2.44. The standard InChI is InChI=1S/C22H27NO8/c1-10-5-12(6-11(2)18(10)24)16-8-15-17-14(7-13(9-29-3)22(15,28)31-16)19(25)23(20(17)26)21(27)30-4/h5-6,13-17,24,28H,7-9H2,1-4H3/t13-,14+,15+,16+,17+,22-/m1/s1. The molecule has 0 radical (unpaired) electrons. The SMILES string of the molecule is COC[C@H]1C[C@@H]2C(=O)N(C(=O)OC)C(=O)[C@@H]2[C@@H]2C[C@@H](c3cc(C)c(O)c(C)c3)O[C@]12O. The second kappa shape index (κ2) is 7.58. The molecular formula is C22H27NO8. The predicted molar refractivity (Wildman–Crippen MR) is 106 cm³/mol. The average molecular weight is 433 g/mol. The minimum atomic E-state index is -1.69. The molecule has 168 valence electrons. The van der Waals surface area contributed by atoms with Crippen LogP contribution in [0.15, 0.2) is 12.1 Å². The summed E-state index contributed by atoms with van der Waals surface area (Å²) in [6.45, 7) is 3.69. The molecule has 9 nitrogen and oxygen atoms in total. The smallest absolute Gasteiger partial charge is 0.423 e. The highest BCUT2D eigenvalue weighted by atomic mass is 16.6. The van der Waals surface area contributed by atoms with E-state index in [1.54, 1.807) is 26.0 Å². The van der Waals surface area contributed by atoms with Crippen molar-refractivity contribution in [3.63, 3.8) is 0 Å². The number of methoxy groups -OCH3 is 2. The first-order chi connectivity index (χ1) is 14.6. The van der Waals surface area contributed by atoms with Gasteiger partial charge < -0.3 is 24.4 Å². The van der Waals surface area contributed by atoms with Gasteiger partial charge in [-0.3, -0.25) is 9.59 Å². The van der Waals surface area contributed by atoms with Gasteiger partial charge in [-0.05, 0) is 55.5 Å². The molecule has 1 saturated carbocycles. The molecule has 2 saturated heterocycles.